The Hall–Kier alpha value is -0.772. The van der Waals surface area contributed by atoms with E-state index < -0.39 is 39.4 Å². The molecule has 0 rings (SSSR count). The first kappa shape index (κ1) is 24.2. The zero-order valence-corrected chi connectivity index (χ0v) is 18.9. The van der Waals surface area contributed by atoms with Crippen molar-refractivity contribution >= 4 is 39.4 Å². The summed E-state index contributed by atoms with van der Waals surface area (Å²) in [7, 11) is 0. The Bertz CT molecular complexity index is 352. The normalized spacial score (nSPS) is 11.3. The summed E-state index contributed by atoms with van der Waals surface area (Å²) in [5.74, 6) is -2.14. The third-order valence-electron chi connectivity index (χ3n) is 4.45. The van der Waals surface area contributed by atoms with Crippen molar-refractivity contribution in [3.8, 4) is 0 Å². The molecule has 0 aromatic carbocycles. The van der Waals surface area contributed by atoms with Crippen LogP contribution in [0.2, 0.25) is 0 Å². The van der Waals surface area contributed by atoms with Crippen molar-refractivity contribution in [2.75, 3.05) is 0 Å². The predicted molar refractivity (Wildman–Crippen MR) is 96.2 cm³/mol. The molecule has 0 bridgehead atoms. The van der Waals surface area contributed by atoms with Crippen LogP contribution in [-0.4, -0.2) is 39.4 Å². The Morgan fingerprint density at radius 2 is 0.760 bits per heavy atom. The summed E-state index contributed by atoms with van der Waals surface area (Å²) >= 11 is -3.72. The molecule has 146 valence electrons. The molecule has 25 heavy (non-hydrogen) atoms. The van der Waals surface area contributed by atoms with Crippen molar-refractivity contribution in [3.63, 3.8) is 0 Å². The second-order valence-electron chi connectivity index (χ2n) is 5.99. The number of carbonyl (C=O) groups excluding carboxylic acids is 3. The first-order chi connectivity index (χ1) is 11.9. The van der Waals surface area contributed by atoms with Crippen LogP contribution < -0.4 is 0 Å². The number of carbonyl (C=O) groups is 3. The molecule has 0 radical (unpaired) electrons. The van der Waals surface area contributed by atoms with E-state index in [-0.39, 0.29) is 17.8 Å². The van der Waals surface area contributed by atoms with Crippen molar-refractivity contribution in [1.29, 1.82) is 0 Å². The number of hydrogen-bond acceptors (Lipinski definition) is 6. The van der Waals surface area contributed by atoms with Crippen LogP contribution in [0.5, 0.6) is 0 Å². The zero-order chi connectivity index (χ0) is 19.4. The van der Waals surface area contributed by atoms with Crippen molar-refractivity contribution in [3.05, 3.63) is 0 Å². The summed E-state index contributed by atoms with van der Waals surface area (Å²) in [5.41, 5.74) is 0. The minimum atomic E-state index is -3.72. The van der Waals surface area contributed by atoms with Crippen LogP contribution in [0, 0.1) is 17.8 Å². The van der Waals surface area contributed by atoms with Gasteiger partial charge in [-0.05, 0) is 0 Å². The van der Waals surface area contributed by atoms with E-state index in [1.165, 1.54) is 0 Å². The van der Waals surface area contributed by atoms with Gasteiger partial charge in [-0.2, -0.15) is 0 Å². The van der Waals surface area contributed by atoms with Gasteiger partial charge in [0.25, 0.3) is 0 Å². The molecular weight excluding hydrogens is 434 g/mol. The molecule has 7 heteroatoms. The topological polar surface area (TPSA) is 78.9 Å². The monoisotopic (exact) mass is 466 g/mol. The van der Waals surface area contributed by atoms with E-state index in [4.69, 9.17) is 9.05 Å². The Kier molecular flexibility index (Phi) is 13.0. The molecule has 0 saturated heterocycles. The predicted octanol–water partition coefficient (Wildman–Crippen LogP) is 3.91. The first-order valence-electron chi connectivity index (χ1n) is 9.33. The molecular formula is C18H33O6Sb. The average Bonchev–Trinajstić information content (AvgIpc) is 2.57. The van der Waals surface area contributed by atoms with Crippen molar-refractivity contribution in [2.24, 2.45) is 17.8 Å². The van der Waals surface area contributed by atoms with Gasteiger partial charge in [-0.25, -0.2) is 0 Å². The van der Waals surface area contributed by atoms with Crippen molar-refractivity contribution in [2.45, 2.75) is 80.1 Å². The molecule has 0 heterocycles. The Morgan fingerprint density at radius 1 is 0.560 bits per heavy atom. The molecule has 6 nitrogen and oxygen atoms in total. The molecule has 0 aliphatic heterocycles. The SMILES string of the molecule is CCC(CC)C(=O)[O][Sb]([O]C(=O)C(CC)CC)[O]C(=O)C(CC)CC. The van der Waals surface area contributed by atoms with Crippen LogP contribution in [0.1, 0.15) is 80.1 Å². The summed E-state index contributed by atoms with van der Waals surface area (Å²) in [6.45, 7) is 11.4. The maximum atomic E-state index is 12.2. The Labute approximate surface area is 160 Å². The Balaban J connectivity index is 5.12. The van der Waals surface area contributed by atoms with Crippen LogP contribution in [0.25, 0.3) is 0 Å². The molecule has 0 N–H and O–H groups in total. The van der Waals surface area contributed by atoms with Crippen molar-refractivity contribution in [1.82, 2.24) is 0 Å². The van der Waals surface area contributed by atoms with E-state index in [1.54, 1.807) is 0 Å². The first-order valence-corrected chi connectivity index (χ1v) is 12.5. The van der Waals surface area contributed by atoms with Gasteiger partial charge in [-0.3, -0.25) is 0 Å². The van der Waals surface area contributed by atoms with E-state index >= 15 is 0 Å². The van der Waals surface area contributed by atoms with Crippen LogP contribution in [0.3, 0.4) is 0 Å². The molecule has 0 fully saturated rings. The van der Waals surface area contributed by atoms with Gasteiger partial charge >= 0.3 is 161 Å². The molecule has 0 aromatic heterocycles. The van der Waals surface area contributed by atoms with Gasteiger partial charge in [0.2, 0.25) is 0 Å². The van der Waals surface area contributed by atoms with Gasteiger partial charge in [-0.15, -0.1) is 0 Å². The minimum absolute atomic E-state index is 0.273. The zero-order valence-electron chi connectivity index (χ0n) is 16.4. The van der Waals surface area contributed by atoms with E-state index in [1.807, 2.05) is 41.5 Å². The third kappa shape index (κ3) is 8.43. The molecule has 0 atom stereocenters. The van der Waals surface area contributed by atoms with Gasteiger partial charge in [0, 0.05) is 0 Å². The molecule has 0 saturated carbocycles. The number of rotatable bonds is 12. The van der Waals surface area contributed by atoms with Crippen LogP contribution in [0.15, 0.2) is 0 Å². The number of hydrogen-bond donors (Lipinski definition) is 0. The van der Waals surface area contributed by atoms with E-state index in [0.29, 0.717) is 38.5 Å². The fourth-order valence-corrected chi connectivity index (χ4v) is 5.22. The van der Waals surface area contributed by atoms with Crippen molar-refractivity contribution < 1.29 is 23.4 Å². The van der Waals surface area contributed by atoms with Gasteiger partial charge < -0.3 is 0 Å². The van der Waals surface area contributed by atoms with Crippen LogP contribution >= 0.6 is 0 Å². The van der Waals surface area contributed by atoms with Gasteiger partial charge in [-0.1, -0.05) is 0 Å². The third-order valence-corrected chi connectivity index (χ3v) is 7.27. The summed E-state index contributed by atoms with van der Waals surface area (Å²) in [5, 5.41) is 0. The average molecular weight is 467 g/mol. The quantitative estimate of drug-likeness (QED) is 0.405. The summed E-state index contributed by atoms with van der Waals surface area (Å²) in [6.07, 6.45) is 3.78. The molecule has 0 aromatic rings. The summed E-state index contributed by atoms with van der Waals surface area (Å²) in [4.78, 5) is 36.7. The van der Waals surface area contributed by atoms with E-state index in [2.05, 4.69) is 0 Å². The standard InChI is InChI=1S/3C6H12O2.Sb/c3*1-3-5(4-2)6(7)8;/h3*5H,3-4H2,1-2H3,(H,7,8);/q;;;+3/p-3. The second kappa shape index (κ2) is 13.4. The van der Waals surface area contributed by atoms with Gasteiger partial charge in [0.1, 0.15) is 0 Å². The molecule has 0 spiro atoms. The molecule has 0 aliphatic rings. The molecule has 0 amide bonds. The fourth-order valence-electron chi connectivity index (χ4n) is 2.37. The summed E-state index contributed by atoms with van der Waals surface area (Å²) in [6, 6.07) is 0. The second-order valence-corrected chi connectivity index (χ2v) is 8.83. The van der Waals surface area contributed by atoms with Gasteiger partial charge in [0.15, 0.2) is 0 Å². The fraction of sp³-hybridized carbons (Fsp3) is 0.833. The van der Waals surface area contributed by atoms with Crippen LogP contribution in [0.4, 0.5) is 0 Å². The van der Waals surface area contributed by atoms with Crippen LogP contribution in [-0.2, 0) is 23.4 Å². The summed E-state index contributed by atoms with van der Waals surface area (Å²) < 4.78 is 16.1. The van der Waals surface area contributed by atoms with Gasteiger partial charge in [0.05, 0.1) is 0 Å². The Morgan fingerprint density at radius 3 is 0.920 bits per heavy atom. The molecule has 0 unspecified atom stereocenters. The van der Waals surface area contributed by atoms with E-state index in [0.717, 1.165) is 0 Å². The van der Waals surface area contributed by atoms with E-state index in [9.17, 15) is 14.4 Å². The molecule has 0 aliphatic carbocycles. The maximum absolute atomic E-state index is 12.2.